The van der Waals surface area contributed by atoms with Crippen molar-refractivity contribution in [2.45, 2.75) is 32.7 Å². The summed E-state index contributed by atoms with van der Waals surface area (Å²) in [6.07, 6.45) is 1.04. The Hall–Kier alpha value is -1.39. The minimum Gasteiger partial charge on any atom is -0.368 e. The molecule has 0 radical (unpaired) electrons. The van der Waals surface area contributed by atoms with Gasteiger partial charge in [0.05, 0.1) is 0 Å². The van der Waals surface area contributed by atoms with Crippen LogP contribution in [0, 0.1) is 13.8 Å². The second kappa shape index (κ2) is 5.94. The van der Waals surface area contributed by atoms with E-state index >= 15 is 0 Å². The highest BCUT2D eigenvalue weighted by Gasteiger charge is 2.40. The zero-order valence-electron chi connectivity index (χ0n) is 12.7. The molecule has 0 aromatic heterocycles. The highest BCUT2D eigenvalue weighted by atomic mass is 16.1. The maximum absolute atomic E-state index is 12.2. The van der Waals surface area contributed by atoms with Crippen LogP contribution in [-0.4, -0.2) is 37.0 Å². The van der Waals surface area contributed by atoms with Gasteiger partial charge < -0.3 is 11.1 Å². The lowest BCUT2D eigenvalue weighted by Gasteiger charge is -2.39. The van der Waals surface area contributed by atoms with Crippen molar-refractivity contribution in [3.63, 3.8) is 0 Å². The average Bonchev–Trinajstić information content (AvgIpc) is 2.66. The second-order valence-corrected chi connectivity index (χ2v) is 5.85. The maximum Gasteiger partial charge on any atom is 0.242 e. The van der Waals surface area contributed by atoms with Crippen molar-refractivity contribution in [1.82, 2.24) is 10.2 Å². The van der Waals surface area contributed by atoms with E-state index in [0.717, 1.165) is 43.7 Å². The molecule has 0 saturated carbocycles. The zero-order chi connectivity index (χ0) is 14.8. The lowest BCUT2D eigenvalue weighted by atomic mass is 9.85. The number of rotatable bonds is 3. The molecule has 2 rings (SSSR count). The number of benzene rings is 1. The van der Waals surface area contributed by atoms with Crippen molar-refractivity contribution in [1.29, 1.82) is 0 Å². The fourth-order valence-electron chi connectivity index (χ4n) is 3.11. The van der Waals surface area contributed by atoms with Gasteiger partial charge in [0.1, 0.15) is 5.54 Å². The Labute approximate surface area is 121 Å². The van der Waals surface area contributed by atoms with Gasteiger partial charge >= 0.3 is 0 Å². The molecular formula is C16H25N3O. The van der Waals surface area contributed by atoms with Crippen molar-refractivity contribution in [3.05, 3.63) is 34.9 Å². The van der Waals surface area contributed by atoms with Crippen LogP contribution in [0.5, 0.6) is 0 Å². The van der Waals surface area contributed by atoms with E-state index in [0.29, 0.717) is 0 Å². The monoisotopic (exact) mass is 275 g/mol. The normalized spacial score (nSPS) is 20.1. The molecule has 1 aromatic rings. The largest absolute Gasteiger partial charge is 0.368 e. The summed E-state index contributed by atoms with van der Waals surface area (Å²) in [4.78, 5) is 14.4. The fourth-order valence-corrected chi connectivity index (χ4v) is 3.11. The molecule has 1 amide bonds. The third-order valence-electron chi connectivity index (χ3n) is 4.36. The number of nitrogens with two attached hydrogens (primary N) is 1. The van der Waals surface area contributed by atoms with E-state index < -0.39 is 5.54 Å². The van der Waals surface area contributed by atoms with Crippen LogP contribution in [0.1, 0.15) is 30.0 Å². The van der Waals surface area contributed by atoms with Gasteiger partial charge in [0.15, 0.2) is 0 Å². The Kier molecular flexibility index (Phi) is 4.45. The van der Waals surface area contributed by atoms with Gasteiger partial charge in [-0.3, -0.25) is 9.69 Å². The predicted octanol–water partition coefficient (Wildman–Crippen LogP) is 1.30. The number of nitrogens with zero attached hydrogens (tertiary/aromatic N) is 1. The number of hydrogen-bond donors (Lipinski definition) is 2. The molecule has 1 aromatic carbocycles. The molecule has 1 fully saturated rings. The minimum atomic E-state index is -0.732. The van der Waals surface area contributed by atoms with Gasteiger partial charge in [0.25, 0.3) is 0 Å². The van der Waals surface area contributed by atoms with Crippen molar-refractivity contribution < 1.29 is 4.79 Å². The minimum absolute atomic E-state index is 0.272. The van der Waals surface area contributed by atoms with E-state index in [2.05, 4.69) is 36.2 Å². The van der Waals surface area contributed by atoms with Gasteiger partial charge in [-0.15, -0.1) is 0 Å². The van der Waals surface area contributed by atoms with E-state index in [1.165, 1.54) is 5.56 Å². The first-order valence-corrected chi connectivity index (χ1v) is 7.29. The first kappa shape index (κ1) is 15.0. The van der Waals surface area contributed by atoms with Crippen LogP contribution in [0.25, 0.3) is 0 Å². The van der Waals surface area contributed by atoms with Gasteiger partial charge in [-0.25, -0.2) is 0 Å². The fraction of sp³-hybridized carbons (Fsp3) is 0.562. The molecule has 4 heteroatoms. The van der Waals surface area contributed by atoms with Gasteiger partial charge in [-0.05, 0) is 44.9 Å². The smallest absolute Gasteiger partial charge is 0.242 e. The summed E-state index contributed by atoms with van der Waals surface area (Å²) < 4.78 is 0. The predicted molar refractivity (Wildman–Crippen MR) is 81.5 cm³/mol. The summed E-state index contributed by atoms with van der Waals surface area (Å²) in [5.41, 5.74) is 8.42. The molecule has 1 aliphatic heterocycles. The highest BCUT2D eigenvalue weighted by molar-refractivity contribution is 5.86. The van der Waals surface area contributed by atoms with Crippen molar-refractivity contribution in [2.24, 2.45) is 5.73 Å². The Bertz CT molecular complexity index is 492. The average molecular weight is 275 g/mol. The molecule has 1 saturated heterocycles. The van der Waals surface area contributed by atoms with E-state index in [-0.39, 0.29) is 5.91 Å². The van der Waals surface area contributed by atoms with E-state index in [9.17, 15) is 4.79 Å². The first-order valence-electron chi connectivity index (χ1n) is 7.29. The number of hydrogen-bond acceptors (Lipinski definition) is 3. The quantitative estimate of drug-likeness (QED) is 0.874. The Morgan fingerprint density at radius 3 is 2.70 bits per heavy atom. The third kappa shape index (κ3) is 2.72. The molecule has 110 valence electrons. The van der Waals surface area contributed by atoms with Crippen molar-refractivity contribution in [3.8, 4) is 0 Å². The number of carbonyl (C=O) groups is 1. The Morgan fingerprint density at radius 2 is 2.05 bits per heavy atom. The summed E-state index contributed by atoms with van der Waals surface area (Å²) in [5, 5.41) is 3.37. The summed E-state index contributed by atoms with van der Waals surface area (Å²) >= 11 is 0. The molecule has 4 nitrogen and oxygen atoms in total. The summed E-state index contributed by atoms with van der Waals surface area (Å²) in [6.45, 7) is 9.70. The summed E-state index contributed by atoms with van der Waals surface area (Å²) in [5.74, 6) is -0.272. The SMILES string of the molecule is Cc1ccc(C(C)(C(N)=O)N2CCCNCC2)c(C)c1. The van der Waals surface area contributed by atoms with Crippen molar-refractivity contribution >= 4 is 5.91 Å². The molecule has 1 aliphatic rings. The van der Waals surface area contributed by atoms with Crippen molar-refractivity contribution in [2.75, 3.05) is 26.2 Å². The highest BCUT2D eigenvalue weighted by Crippen LogP contribution is 2.31. The molecule has 3 N–H and O–H groups in total. The molecular weight excluding hydrogens is 250 g/mol. The van der Waals surface area contributed by atoms with E-state index in [1.807, 2.05) is 13.0 Å². The number of amides is 1. The van der Waals surface area contributed by atoms with Gasteiger partial charge in [0, 0.05) is 19.6 Å². The Balaban J connectivity index is 2.44. The van der Waals surface area contributed by atoms with Gasteiger partial charge in [0.2, 0.25) is 5.91 Å². The second-order valence-electron chi connectivity index (χ2n) is 5.85. The topological polar surface area (TPSA) is 58.4 Å². The van der Waals surface area contributed by atoms with Crippen LogP contribution in [0.4, 0.5) is 0 Å². The standard InChI is InChI=1S/C16H25N3O/c1-12-5-6-14(13(2)11-12)16(3,15(17)20)19-9-4-7-18-8-10-19/h5-6,11,18H,4,7-10H2,1-3H3,(H2,17,20). The lowest BCUT2D eigenvalue weighted by molar-refractivity contribution is -0.130. The lowest BCUT2D eigenvalue weighted by Crippen LogP contribution is -2.54. The molecule has 20 heavy (non-hydrogen) atoms. The molecule has 1 heterocycles. The van der Waals surface area contributed by atoms with Crippen LogP contribution < -0.4 is 11.1 Å². The number of carbonyl (C=O) groups excluding carboxylic acids is 1. The molecule has 1 unspecified atom stereocenters. The molecule has 0 spiro atoms. The number of primary amides is 1. The van der Waals surface area contributed by atoms with Crippen LogP contribution in [0.15, 0.2) is 18.2 Å². The molecule has 0 bridgehead atoms. The van der Waals surface area contributed by atoms with Crippen LogP contribution in [0.3, 0.4) is 0 Å². The zero-order valence-corrected chi connectivity index (χ0v) is 12.7. The van der Waals surface area contributed by atoms with Gasteiger partial charge in [-0.2, -0.15) is 0 Å². The maximum atomic E-state index is 12.2. The first-order chi connectivity index (χ1) is 9.46. The Morgan fingerprint density at radius 1 is 1.30 bits per heavy atom. The summed E-state index contributed by atoms with van der Waals surface area (Å²) in [6, 6.07) is 6.22. The molecule has 1 atom stereocenters. The van der Waals surface area contributed by atoms with E-state index in [4.69, 9.17) is 5.73 Å². The van der Waals surface area contributed by atoms with Crippen LogP contribution in [-0.2, 0) is 10.3 Å². The number of nitrogens with one attached hydrogen (secondary N) is 1. The third-order valence-corrected chi connectivity index (χ3v) is 4.36. The van der Waals surface area contributed by atoms with Gasteiger partial charge in [-0.1, -0.05) is 23.8 Å². The van der Waals surface area contributed by atoms with E-state index in [1.54, 1.807) is 0 Å². The molecule has 0 aliphatic carbocycles. The summed E-state index contributed by atoms with van der Waals surface area (Å²) in [7, 11) is 0. The van der Waals surface area contributed by atoms with Crippen LogP contribution in [0.2, 0.25) is 0 Å². The van der Waals surface area contributed by atoms with Crippen LogP contribution >= 0.6 is 0 Å². The number of aryl methyl sites for hydroxylation is 2.